The van der Waals surface area contributed by atoms with Crippen molar-refractivity contribution in [2.45, 2.75) is 57.9 Å². The van der Waals surface area contributed by atoms with E-state index in [2.05, 4.69) is 12.2 Å². The monoisotopic (exact) mass is 245 g/mol. The quantitative estimate of drug-likeness (QED) is 0.795. The van der Waals surface area contributed by atoms with Crippen LogP contribution in [-0.4, -0.2) is 11.7 Å². The second kappa shape index (κ2) is 4.93. The molecule has 18 heavy (non-hydrogen) atoms. The van der Waals surface area contributed by atoms with Gasteiger partial charge in [-0.05, 0) is 74.8 Å². The Hall–Kier alpha value is -1.02. The summed E-state index contributed by atoms with van der Waals surface area (Å²) < 4.78 is 0. The summed E-state index contributed by atoms with van der Waals surface area (Å²) in [4.78, 5) is 0. The minimum atomic E-state index is 0.367. The lowest BCUT2D eigenvalue weighted by Gasteiger charge is -2.29. The molecule has 1 unspecified atom stereocenters. The van der Waals surface area contributed by atoms with Crippen molar-refractivity contribution in [1.29, 1.82) is 0 Å². The van der Waals surface area contributed by atoms with Gasteiger partial charge in [-0.3, -0.25) is 0 Å². The van der Waals surface area contributed by atoms with Crippen LogP contribution in [0, 0.1) is 6.92 Å². The molecule has 1 atom stereocenters. The Morgan fingerprint density at radius 1 is 1.17 bits per heavy atom. The van der Waals surface area contributed by atoms with Gasteiger partial charge >= 0.3 is 0 Å². The van der Waals surface area contributed by atoms with Crippen LogP contribution in [-0.2, 0) is 12.8 Å². The van der Waals surface area contributed by atoms with E-state index in [1.54, 1.807) is 0 Å². The summed E-state index contributed by atoms with van der Waals surface area (Å²) in [6, 6.07) is 2.40. The summed E-state index contributed by atoms with van der Waals surface area (Å²) in [7, 11) is 0. The molecule has 0 bridgehead atoms. The first-order valence-corrected chi connectivity index (χ1v) is 7.35. The maximum Gasteiger partial charge on any atom is 0.120 e. The van der Waals surface area contributed by atoms with Crippen molar-refractivity contribution < 1.29 is 5.11 Å². The molecule has 2 nitrogen and oxygen atoms in total. The lowest BCUT2D eigenvalue weighted by atomic mass is 9.83. The van der Waals surface area contributed by atoms with Crippen molar-refractivity contribution in [3.8, 4) is 5.75 Å². The third-order valence-electron chi connectivity index (χ3n) is 4.61. The zero-order valence-corrected chi connectivity index (χ0v) is 11.3. The molecule has 0 saturated carbocycles. The van der Waals surface area contributed by atoms with Crippen LogP contribution in [0.15, 0.2) is 6.07 Å². The van der Waals surface area contributed by atoms with Crippen molar-refractivity contribution in [3.05, 3.63) is 28.3 Å². The second-order valence-electron chi connectivity index (χ2n) is 5.78. The van der Waals surface area contributed by atoms with Crippen LogP contribution in [0.4, 0.5) is 0 Å². The summed E-state index contributed by atoms with van der Waals surface area (Å²) in [5.41, 5.74) is 5.43. The summed E-state index contributed by atoms with van der Waals surface area (Å²) in [5.74, 6) is 0.521. The Bertz CT molecular complexity index is 447. The number of phenolic OH excluding ortho intramolecular Hbond substituents is 1. The zero-order valence-electron chi connectivity index (χ0n) is 11.3. The molecule has 0 radical (unpaired) electrons. The molecule has 1 fully saturated rings. The van der Waals surface area contributed by atoms with Gasteiger partial charge in [0.25, 0.3) is 0 Å². The van der Waals surface area contributed by atoms with E-state index in [-0.39, 0.29) is 0 Å². The van der Waals surface area contributed by atoms with Crippen LogP contribution >= 0.6 is 0 Å². The number of benzene rings is 1. The first kappa shape index (κ1) is 12.0. The highest BCUT2D eigenvalue weighted by atomic mass is 16.3. The Morgan fingerprint density at radius 2 is 2.00 bits per heavy atom. The highest BCUT2D eigenvalue weighted by molar-refractivity contribution is 5.51. The van der Waals surface area contributed by atoms with Gasteiger partial charge in [0.2, 0.25) is 0 Å². The van der Waals surface area contributed by atoms with Gasteiger partial charge in [0.1, 0.15) is 5.75 Å². The van der Waals surface area contributed by atoms with Crippen LogP contribution in [0.2, 0.25) is 0 Å². The highest BCUT2D eigenvalue weighted by Crippen LogP contribution is 2.38. The van der Waals surface area contributed by atoms with Gasteiger partial charge in [-0.15, -0.1) is 0 Å². The van der Waals surface area contributed by atoms with Gasteiger partial charge in [0.05, 0.1) is 0 Å². The van der Waals surface area contributed by atoms with E-state index in [1.807, 2.05) is 6.07 Å². The Balaban J connectivity index is 2.02. The highest BCUT2D eigenvalue weighted by Gasteiger charge is 2.24. The first-order chi connectivity index (χ1) is 8.77. The van der Waals surface area contributed by atoms with Crippen LogP contribution in [0.3, 0.4) is 0 Å². The number of fused-ring (bicyclic) bond motifs is 1. The van der Waals surface area contributed by atoms with E-state index in [1.165, 1.54) is 54.4 Å². The molecular weight excluding hydrogens is 222 g/mol. The largest absolute Gasteiger partial charge is 0.508 e. The van der Waals surface area contributed by atoms with Gasteiger partial charge in [-0.2, -0.15) is 0 Å². The smallest absolute Gasteiger partial charge is 0.120 e. The zero-order chi connectivity index (χ0) is 12.5. The number of phenols is 1. The number of piperidine rings is 1. The van der Waals surface area contributed by atoms with Crippen molar-refractivity contribution in [3.63, 3.8) is 0 Å². The summed E-state index contributed by atoms with van der Waals surface area (Å²) >= 11 is 0. The molecule has 2 aliphatic rings. The van der Waals surface area contributed by atoms with E-state index in [0.29, 0.717) is 11.8 Å². The fourth-order valence-electron chi connectivity index (χ4n) is 3.65. The SMILES string of the molecule is Cc1c2c(cc(O)c1C1CCCCN1)CCCC2. The Morgan fingerprint density at radius 3 is 2.78 bits per heavy atom. The third kappa shape index (κ3) is 2.03. The molecule has 1 aromatic carbocycles. The second-order valence-corrected chi connectivity index (χ2v) is 5.78. The van der Waals surface area contributed by atoms with Crippen molar-refractivity contribution >= 4 is 0 Å². The van der Waals surface area contributed by atoms with Crippen LogP contribution in [0.1, 0.15) is 60.4 Å². The molecule has 1 aliphatic heterocycles. The number of aryl methyl sites for hydroxylation is 1. The number of rotatable bonds is 1. The summed E-state index contributed by atoms with van der Waals surface area (Å²) in [6.45, 7) is 3.29. The Labute approximate surface area is 109 Å². The number of hydrogen-bond acceptors (Lipinski definition) is 2. The minimum Gasteiger partial charge on any atom is -0.508 e. The molecule has 1 saturated heterocycles. The molecule has 98 valence electrons. The normalized spacial score (nSPS) is 23.7. The summed E-state index contributed by atoms with van der Waals surface area (Å²) in [5, 5.41) is 13.9. The van der Waals surface area contributed by atoms with E-state index in [0.717, 1.165) is 19.4 Å². The fourth-order valence-corrected chi connectivity index (χ4v) is 3.65. The third-order valence-corrected chi connectivity index (χ3v) is 4.61. The van der Waals surface area contributed by atoms with Gasteiger partial charge in [-0.1, -0.05) is 6.42 Å². The average molecular weight is 245 g/mol. The molecule has 1 heterocycles. The lowest BCUT2D eigenvalue weighted by molar-refractivity contribution is 0.388. The number of aromatic hydroxyl groups is 1. The molecule has 3 rings (SSSR count). The maximum absolute atomic E-state index is 10.4. The topological polar surface area (TPSA) is 32.3 Å². The van der Waals surface area contributed by atoms with Gasteiger partial charge < -0.3 is 10.4 Å². The van der Waals surface area contributed by atoms with Crippen LogP contribution in [0.5, 0.6) is 5.75 Å². The minimum absolute atomic E-state index is 0.367. The molecule has 0 aromatic heterocycles. The predicted octanol–water partition coefficient (Wildman–Crippen LogP) is 3.39. The summed E-state index contributed by atoms with van der Waals surface area (Å²) in [6.07, 6.45) is 8.61. The van der Waals surface area contributed by atoms with Crippen LogP contribution in [0.25, 0.3) is 0 Å². The van der Waals surface area contributed by atoms with Gasteiger partial charge in [0.15, 0.2) is 0 Å². The predicted molar refractivity (Wildman–Crippen MR) is 74.1 cm³/mol. The molecule has 0 spiro atoms. The molecule has 2 N–H and O–H groups in total. The number of nitrogens with one attached hydrogen (secondary N) is 1. The van der Waals surface area contributed by atoms with Crippen molar-refractivity contribution in [1.82, 2.24) is 5.32 Å². The van der Waals surface area contributed by atoms with Crippen molar-refractivity contribution in [2.75, 3.05) is 6.54 Å². The Kier molecular flexibility index (Phi) is 3.29. The van der Waals surface area contributed by atoms with E-state index in [9.17, 15) is 5.11 Å². The van der Waals surface area contributed by atoms with E-state index in [4.69, 9.17) is 0 Å². The van der Waals surface area contributed by atoms with Crippen LogP contribution < -0.4 is 5.32 Å². The molecule has 2 heteroatoms. The van der Waals surface area contributed by atoms with Crippen molar-refractivity contribution in [2.24, 2.45) is 0 Å². The van der Waals surface area contributed by atoms with Gasteiger partial charge in [-0.25, -0.2) is 0 Å². The molecule has 1 aromatic rings. The van der Waals surface area contributed by atoms with Gasteiger partial charge in [0, 0.05) is 11.6 Å². The molecular formula is C16H23NO. The first-order valence-electron chi connectivity index (χ1n) is 7.35. The van der Waals surface area contributed by atoms with E-state index >= 15 is 0 Å². The molecule has 0 amide bonds. The maximum atomic E-state index is 10.4. The fraction of sp³-hybridized carbons (Fsp3) is 0.625. The van der Waals surface area contributed by atoms with E-state index < -0.39 is 0 Å². The molecule has 1 aliphatic carbocycles. The lowest BCUT2D eigenvalue weighted by Crippen LogP contribution is -2.28. The standard InChI is InChI=1S/C16H23NO/c1-11-13-7-3-2-6-12(13)10-15(18)16(11)14-8-4-5-9-17-14/h10,14,17-18H,2-9H2,1H3. The average Bonchev–Trinajstić information content (AvgIpc) is 2.40. The number of hydrogen-bond donors (Lipinski definition) is 2.